The highest BCUT2D eigenvalue weighted by atomic mass is 79.9. The Morgan fingerprint density at radius 1 is 1.26 bits per heavy atom. The number of aromatic nitrogens is 2. The zero-order valence-electron chi connectivity index (χ0n) is 15.6. The molecule has 0 fully saturated rings. The first-order valence-electron chi connectivity index (χ1n) is 9.28. The minimum Gasteiger partial charge on any atom is -0.396 e. The molecule has 4 rings (SSSR count). The van der Waals surface area contributed by atoms with Crippen LogP contribution in [0, 0.1) is 5.41 Å². The van der Waals surface area contributed by atoms with Crippen molar-refractivity contribution in [3.8, 4) is 11.4 Å². The van der Waals surface area contributed by atoms with E-state index in [1.807, 2.05) is 30.3 Å². The van der Waals surface area contributed by atoms with E-state index in [0.29, 0.717) is 10.2 Å². The van der Waals surface area contributed by atoms with E-state index in [9.17, 15) is 9.90 Å². The first kappa shape index (κ1) is 18.4. The first-order chi connectivity index (χ1) is 12.9. The van der Waals surface area contributed by atoms with E-state index in [1.54, 1.807) is 0 Å². The van der Waals surface area contributed by atoms with E-state index < -0.39 is 0 Å². The molecule has 2 aliphatic carbocycles. The van der Waals surface area contributed by atoms with Crippen LogP contribution in [0.3, 0.4) is 0 Å². The lowest BCUT2D eigenvalue weighted by Crippen LogP contribution is -2.27. The second-order valence-electron chi connectivity index (χ2n) is 7.96. The monoisotopic (exact) mass is 426 g/mol. The molecule has 140 valence electrons. The number of fused-ring (bicyclic) bond motifs is 2. The maximum atomic E-state index is 12.6. The SMILES string of the molecule is CC1=C(Cn2c3ccc(Br)c(=O)c-3nc3ccccc32)CC[C@](C)(CO)C1. The van der Waals surface area contributed by atoms with Gasteiger partial charge in [-0.1, -0.05) is 30.2 Å². The third-order valence-corrected chi connectivity index (χ3v) is 6.44. The molecule has 1 aromatic carbocycles. The summed E-state index contributed by atoms with van der Waals surface area (Å²) >= 11 is 3.34. The van der Waals surface area contributed by atoms with Gasteiger partial charge >= 0.3 is 0 Å². The van der Waals surface area contributed by atoms with Gasteiger partial charge < -0.3 is 9.67 Å². The van der Waals surface area contributed by atoms with Crippen molar-refractivity contribution >= 4 is 27.0 Å². The fourth-order valence-corrected chi connectivity index (χ4v) is 4.45. The fraction of sp³-hybridized carbons (Fsp3) is 0.364. The number of nitrogens with zero attached hydrogens (tertiary/aromatic N) is 2. The highest BCUT2D eigenvalue weighted by Gasteiger charge is 2.29. The fourth-order valence-electron chi connectivity index (χ4n) is 4.13. The lowest BCUT2D eigenvalue weighted by atomic mass is 9.74. The van der Waals surface area contributed by atoms with Crippen LogP contribution in [0.15, 0.2) is 56.8 Å². The molecule has 0 bridgehead atoms. The Morgan fingerprint density at radius 3 is 2.78 bits per heavy atom. The molecular formula is C22H23BrN2O2. The second-order valence-corrected chi connectivity index (χ2v) is 8.81. The predicted molar refractivity (Wildman–Crippen MR) is 112 cm³/mol. The molecule has 0 radical (unpaired) electrons. The summed E-state index contributed by atoms with van der Waals surface area (Å²) in [6.45, 7) is 5.29. The normalized spacial score (nSPS) is 20.6. The predicted octanol–water partition coefficient (Wildman–Crippen LogP) is 4.76. The Hall–Kier alpha value is -1.98. The standard InChI is InChI=1S/C22H23BrN2O2/c1-14-11-22(2,13-26)10-9-15(14)12-25-18-6-4-3-5-17(18)24-20-19(25)8-7-16(23)21(20)27/h3-8,26H,9-13H2,1-2H3/t22-/m0/s1. The van der Waals surface area contributed by atoms with Crippen molar-refractivity contribution in [1.29, 1.82) is 0 Å². The summed E-state index contributed by atoms with van der Waals surface area (Å²) < 4.78 is 2.75. The van der Waals surface area contributed by atoms with Gasteiger partial charge in [-0.25, -0.2) is 4.98 Å². The lowest BCUT2D eigenvalue weighted by Gasteiger charge is -2.34. The molecule has 0 spiro atoms. The average molecular weight is 427 g/mol. The molecule has 0 amide bonds. The molecule has 0 saturated heterocycles. The maximum absolute atomic E-state index is 12.6. The van der Waals surface area contributed by atoms with Gasteiger partial charge in [-0.2, -0.15) is 0 Å². The van der Waals surface area contributed by atoms with Crippen molar-refractivity contribution in [3.05, 3.63) is 62.2 Å². The molecule has 27 heavy (non-hydrogen) atoms. The molecule has 0 saturated carbocycles. The zero-order valence-corrected chi connectivity index (χ0v) is 17.2. The van der Waals surface area contributed by atoms with Crippen LogP contribution in [0.4, 0.5) is 0 Å². The molecule has 1 aliphatic heterocycles. The van der Waals surface area contributed by atoms with Crippen molar-refractivity contribution in [1.82, 2.24) is 9.55 Å². The third kappa shape index (κ3) is 3.23. The van der Waals surface area contributed by atoms with E-state index in [2.05, 4.69) is 45.4 Å². The van der Waals surface area contributed by atoms with Crippen molar-refractivity contribution in [2.75, 3.05) is 6.61 Å². The van der Waals surface area contributed by atoms with Gasteiger partial charge in [-0.05, 0) is 71.8 Å². The Balaban J connectivity index is 1.89. The second kappa shape index (κ2) is 6.88. The number of para-hydroxylation sites is 2. The van der Waals surface area contributed by atoms with Crippen LogP contribution in [0.25, 0.3) is 22.4 Å². The van der Waals surface area contributed by atoms with Gasteiger partial charge in [0.1, 0.15) is 5.69 Å². The number of hydrogen-bond acceptors (Lipinski definition) is 3. The minimum absolute atomic E-state index is 0.0202. The number of benzene rings is 2. The van der Waals surface area contributed by atoms with E-state index in [0.717, 1.165) is 42.5 Å². The number of hydrogen-bond donors (Lipinski definition) is 1. The van der Waals surface area contributed by atoms with Gasteiger partial charge in [-0.3, -0.25) is 4.79 Å². The van der Waals surface area contributed by atoms with Crippen molar-refractivity contribution in [2.45, 2.75) is 39.7 Å². The van der Waals surface area contributed by atoms with Crippen LogP contribution < -0.4 is 5.43 Å². The Bertz CT molecular complexity index is 1090. The third-order valence-electron chi connectivity index (χ3n) is 5.81. The molecule has 1 atom stereocenters. The van der Waals surface area contributed by atoms with Crippen LogP contribution >= 0.6 is 15.9 Å². The summed E-state index contributed by atoms with van der Waals surface area (Å²) in [6.07, 6.45) is 2.86. The van der Waals surface area contributed by atoms with Crippen LogP contribution in [-0.2, 0) is 6.54 Å². The van der Waals surface area contributed by atoms with Crippen molar-refractivity contribution < 1.29 is 5.11 Å². The van der Waals surface area contributed by atoms with E-state index >= 15 is 0 Å². The van der Waals surface area contributed by atoms with Gasteiger partial charge in [-0.15, -0.1) is 0 Å². The molecule has 4 nitrogen and oxygen atoms in total. The smallest absolute Gasteiger partial charge is 0.220 e. The van der Waals surface area contributed by atoms with Gasteiger partial charge in [0.25, 0.3) is 0 Å². The molecule has 1 N–H and O–H groups in total. The summed E-state index contributed by atoms with van der Waals surface area (Å²) in [5.74, 6) is 0. The summed E-state index contributed by atoms with van der Waals surface area (Å²) in [7, 11) is 0. The molecule has 1 heterocycles. The Labute approximate surface area is 167 Å². The van der Waals surface area contributed by atoms with Crippen molar-refractivity contribution in [3.63, 3.8) is 0 Å². The van der Waals surface area contributed by atoms with Gasteiger partial charge in [0.15, 0.2) is 0 Å². The van der Waals surface area contributed by atoms with Crippen LogP contribution in [0.5, 0.6) is 0 Å². The maximum Gasteiger partial charge on any atom is 0.220 e. The summed E-state index contributed by atoms with van der Waals surface area (Å²) in [5, 5.41) is 9.71. The van der Waals surface area contributed by atoms with E-state index in [1.165, 1.54) is 11.1 Å². The topological polar surface area (TPSA) is 55.1 Å². The first-order valence-corrected chi connectivity index (χ1v) is 10.1. The average Bonchev–Trinajstić information content (AvgIpc) is 2.67. The number of rotatable bonds is 3. The Kier molecular flexibility index (Phi) is 4.68. The summed E-state index contributed by atoms with van der Waals surface area (Å²) in [4.78, 5) is 17.3. The van der Waals surface area contributed by atoms with Gasteiger partial charge in [0, 0.05) is 13.2 Å². The summed E-state index contributed by atoms with van der Waals surface area (Å²) in [6, 6.07) is 11.8. The number of aliphatic hydroxyl groups is 1. The molecular weight excluding hydrogens is 404 g/mol. The highest BCUT2D eigenvalue weighted by Crippen LogP contribution is 2.39. The quantitative estimate of drug-likeness (QED) is 0.484. The highest BCUT2D eigenvalue weighted by molar-refractivity contribution is 9.10. The Morgan fingerprint density at radius 2 is 2.04 bits per heavy atom. The zero-order chi connectivity index (χ0) is 19.2. The molecule has 5 heteroatoms. The van der Waals surface area contributed by atoms with Gasteiger partial charge in [0.05, 0.1) is 21.2 Å². The lowest BCUT2D eigenvalue weighted by molar-refractivity contribution is 0.126. The minimum atomic E-state index is -0.0748. The van der Waals surface area contributed by atoms with Crippen LogP contribution in [0.2, 0.25) is 0 Å². The van der Waals surface area contributed by atoms with Crippen LogP contribution in [0.1, 0.15) is 33.1 Å². The van der Waals surface area contributed by atoms with E-state index in [4.69, 9.17) is 0 Å². The van der Waals surface area contributed by atoms with Crippen LogP contribution in [-0.4, -0.2) is 21.3 Å². The molecule has 0 aromatic heterocycles. The largest absolute Gasteiger partial charge is 0.396 e. The molecule has 3 aliphatic rings. The number of aliphatic hydroxyl groups excluding tert-OH is 1. The van der Waals surface area contributed by atoms with E-state index in [-0.39, 0.29) is 17.5 Å². The number of halogens is 1. The summed E-state index contributed by atoms with van der Waals surface area (Å²) in [5.41, 5.74) is 5.85. The molecule has 0 unspecified atom stereocenters. The number of allylic oxidation sites excluding steroid dienone is 2. The van der Waals surface area contributed by atoms with Crippen molar-refractivity contribution in [2.24, 2.45) is 5.41 Å². The van der Waals surface area contributed by atoms with Gasteiger partial charge in [0.2, 0.25) is 5.43 Å². The molecule has 1 aromatic rings.